The Morgan fingerprint density at radius 2 is 2.29 bits per heavy atom. The lowest BCUT2D eigenvalue weighted by molar-refractivity contribution is 0.0273. The van der Waals surface area contributed by atoms with E-state index in [-0.39, 0.29) is 12.1 Å². The average molecular weight is 236 g/mol. The predicted molar refractivity (Wildman–Crippen MR) is 67.1 cm³/mol. The molecule has 2 rings (SSSR count). The van der Waals surface area contributed by atoms with Gasteiger partial charge in [0.15, 0.2) is 5.82 Å². The zero-order valence-corrected chi connectivity index (χ0v) is 10.7. The van der Waals surface area contributed by atoms with Gasteiger partial charge in [0.25, 0.3) is 0 Å². The van der Waals surface area contributed by atoms with E-state index in [9.17, 15) is 0 Å². The van der Waals surface area contributed by atoms with E-state index in [1.54, 1.807) is 6.20 Å². The second-order valence-corrected chi connectivity index (χ2v) is 4.63. The first-order valence-electron chi connectivity index (χ1n) is 6.00. The van der Waals surface area contributed by atoms with Crippen LogP contribution in [0.2, 0.25) is 0 Å². The number of ether oxygens (including phenoxy) is 1. The molecule has 1 aliphatic heterocycles. The Hall–Kier alpha value is -1.20. The van der Waals surface area contributed by atoms with Crippen molar-refractivity contribution >= 4 is 5.82 Å². The van der Waals surface area contributed by atoms with Gasteiger partial charge in [-0.1, -0.05) is 0 Å². The van der Waals surface area contributed by atoms with Crippen LogP contribution in [0, 0.1) is 13.8 Å². The van der Waals surface area contributed by atoms with Crippen LogP contribution in [0.25, 0.3) is 0 Å². The van der Waals surface area contributed by atoms with Gasteiger partial charge in [-0.3, -0.25) is 4.98 Å². The Labute approximate surface area is 102 Å². The Bertz CT molecular complexity index is 394. The summed E-state index contributed by atoms with van der Waals surface area (Å²) in [6, 6.07) is 0.0378. The Morgan fingerprint density at radius 3 is 3.00 bits per heavy atom. The molecule has 2 unspecified atom stereocenters. The predicted octanol–water partition coefficient (Wildman–Crippen LogP) is 0.646. The number of aryl methyl sites for hydroxylation is 2. The number of nitrogens with zero attached hydrogens (tertiary/aromatic N) is 3. The highest BCUT2D eigenvalue weighted by molar-refractivity contribution is 5.43. The summed E-state index contributed by atoms with van der Waals surface area (Å²) in [5.41, 5.74) is 7.79. The highest BCUT2D eigenvalue weighted by atomic mass is 16.5. The first-order chi connectivity index (χ1) is 8.08. The molecule has 0 bridgehead atoms. The van der Waals surface area contributed by atoms with Crippen LogP contribution >= 0.6 is 0 Å². The zero-order chi connectivity index (χ0) is 12.4. The Morgan fingerprint density at radius 1 is 1.53 bits per heavy atom. The minimum Gasteiger partial charge on any atom is -0.373 e. The fraction of sp³-hybridized carbons (Fsp3) is 0.667. The molecule has 5 nitrogen and oxygen atoms in total. The van der Waals surface area contributed by atoms with Gasteiger partial charge in [-0.05, 0) is 20.8 Å². The summed E-state index contributed by atoms with van der Waals surface area (Å²) in [6.45, 7) is 8.25. The third-order valence-electron chi connectivity index (χ3n) is 3.03. The molecular formula is C12H20N4O. The SMILES string of the molecule is Cc1cnc(C)c(N2CCOC(C(C)N)C2)n1. The van der Waals surface area contributed by atoms with Crippen LogP contribution in [0.3, 0.4) is 0 Å². The normalized spacial score (nSPS) is 22.6. The number of aromatic nitrogens is 2. The molecule has 0 aromatic carbocycles. The van der Waals surface area contributed by atoms with Crippen LogP contribution in [0.5, 0.6) is 0 Å². The van der Waals surface area contributed by atoms with Crippen LogP contribution in [0.4, 0.5) is 5.82 Å². The summed E-state index contributed by atoms with van der Waals surface area (Å²) >= 11 is 0. The third kappa shape index (κ3) is 2.73. The minimum absolute atomic E-state index is 0.0378. The maximum absolute atomic E-state index is 5.89. The van der Waals surface area contributed by atoms with E-state index < -0.39 is 0 Å². The molecule has 2 N–H and O–H groups in total. The van der Waals surface area contributed by atoms with Crippen molar-refractivity contribution in [2.24, 2.45) is 5.73 Å². The van der Waals surface area contributed by atoms with Gasteiger partial charge in [-0.15, -0.1) is 0 Å². The molecule has 2 atom stereocenters. The van der Waals surface area contributed by atoms with Gasteiger partial charge >= 0.3 is 0 Å². The molecule has 1 fully saturated rings. The molecule has 1 saturated heterocycles. The first kappa shape index (κ1) is 12.3. The number of anilines is 1. The number of rotatable bonds is 2. The van der Waals surface area contributed by atoms with Crippen LogP contribution < -0.4 is 10.6 Å². The standard InChI is InChI=1S/C12H20N4O/c1-8-6-14-10(3)12(15-8)16-4-5-17-11(7-16)9(2)13/h6,9,11H,4-5,7,13H2,1-3H3. The van der Waals surface area contributed by atoms with E-state index in [0.717, 1.165) is 30.3 Å². The number of hydrogen-bond acceptors (Lipinski definition) is 5. The molecule has 5 heteroatoms. The summed E-state index contributed by atoms with van der Waals surface area (Å²) < 4.78 is 5.65. The Balaban J connectivity index is 2.18. The molecule has 2 heterocycles. The van der Waals surface area contributed by atoms with Gasteiger partial charge in [0.05, 0.1) is 24.1 Å². The van der Waals surface area contributed by atoms with Crippen molar-refractivity contribution in [3.05, 3.63) is 17.6 Å². The third-order valence-corrected chi connectivity index (χ3v) is 3.03. The lowest BCUT2D eigenvalue weighted by atomic mass is 10.1. The van der Waals surface area contributed by atoms with Gasteiger partial charge in [-0.2, -0.15) is 0 Å². The first-order valence-corrected chi connectivity index (χ1v) is 6.00. The van der Waals surface area contributed by atoms with Crippen molar-refractivity contribution in [1.29, 1.82) is 0 Å². The Kier molecular flexibility index (Phi) is 3.59. The van der Waals surface area contributed by atoms with Crippen molar-refractivity contribution in [3.8, 4) is 0 Å². The number of morpholine rings is 1. The summed E-state index contributed by atoms with van der Waals surface area (Å²) in [5.74, 6) is 0.957. The van der Waals surface area contributed by atoms with E-state index in [4.69, 9.17) is 10.5 Å². The van der Waals surface area contributed by atoms with Crippen molar-refractivity contribution in [3.63, 3.8) is 0 Å². The molecule has 17 heavy (non-hydrogen) atoms. The molecule has 1 aromatic rings. The van der Waals surface area contributed by atoms with E-state index in [1.807, 2.05) is 20.8 Å². The largest absolute Gasteiger partial charge is 0.373 e. The average Bonchev–Trinajstić information content (AvgIpc) is 2.32. The van der Waals surface area contributed by atoms with E-state index in [1.165, 1.54) is 0 Å². The molecule has 0 saturated carbocycles. The smallest absolute Gasteiger partial charge is 0.150 e. The lowest BCUT2D eigenvalue weighted by Crippen LogP contribution is -2.50. The zero-order valence-electron chi connectivity index (χ0n) is 10.7. The van der Waals surface area contributed by atoms with Crippen molar-refractivity contribution in [1.82, 2.24) is 9.97 Å². The van der Waals surface area contributed by atoms with Crippen LogP contribution in [0.1, 0.15) is 18.3 Å². The van der Waals surface area contributed by atoms with E-state index >= 15 is 0 Å². The lowest BCUT2D eigenvalue weighted by Gasteiger charge is -2.35. The molecule has 0 aliphatic carbocycles. The molecule has 0 spiro atoms. The van der Waals surface area contributed by atoms with Crippen LogP contribution in [-0.4, -0.2) is 41.8 Å². The topological polar surface area (TPSA) is 64.3 Å². The van der Waals surface area contributed by atoms with Crippen LogP contribution in [-0.2, 0) is 4.74 Å². The monoisotopic (exact) mass is 236 g/mol. The highest BCUT2D eigenvalue weighted by Crippen LogP contribution is 2.19. The maximum atomic E-state index is 5.89. The quantitative estimate of drug-likeness (QED) is 0.816. The second-order valence-electron chi connectivity index (χ2n) is 4.63. The van der Waals surface area contributed by atoms with Gasteiger partial charge in [0.1, 0.15) is 0 Å². The van der Waals surface area contributed by atoms with Crippen LogP contribution in [0.15, 0.2) is 6.20 Å². The summed E-state index contributed by atoms with van der Waals surface area (Å²) in [4.78, 5) is 11.1. The van der Waals surface area contributed by atoms with Gasteiger partial charge in [-0.25, -0.2) is 4.98 Å². The molecule has 94 valence electrons. The fourth-order valence-corrected chi connectivity index (χ4v) is 2.01. The highest BCUT2D eigenvalue weighted by Gasteiger charge is 2.25. The summed E-state index contributed by atoms with van der Waals surface area (Å²) in [6.07, 6.45) is 1.87. The summed E-state index contributed by atoms with van der Waals surface area (Å²) in [7, 11) is 0. The number of nitrogens with two attached hydrogens (primary N) is 1. The van der Waals surface area contributed by atoms with E-state index in [0.29, 0.717) is 6.61 Å². The molecule has 0 radical (unpaired) electrons. The van der Waals surface area contributed by atoms with Crippen molar-refractivity contribution < 1.29 is 4.74 Å². The molecule has 0 amide bonds. The van der Waals surface area contributed by atoms with Gasteiger partial charge in [0.2, 0.25) is 0 Å². The fourth-order valence-electron chi connectivity index (χ4n) is 2.01. The van der Waals surface area contributed by atoms with Gasteiger partial charge < -0.3 is 15.4 Å². The van der Waals surface area contributed by atoms with Gasteiger partial charge in [0, 0.05) is 25.3 Å². The molecule has 1 aromatic heterocycles. The number of hydrogen-bond donors (Lipinski definition) is 1. The maximum Gasteiger partial charge on any atom is 0.150 e. The minimum atomic E-state index is 0.0378. The van der Waals surface area contributed by atoms with Crippen molar-refractivity contribution in [2.75, 3.05) is 24.6 Å². The molecular weight excluding hydrogens is 216 g/mol. The van der Waals surface area contributed by atoms with Crippen molar-refractivity contribution in [2.45, 2.75) is 32.9 Å². The molecule has 1 aliphatic rings. The summed E-state index contributed by atoms with van der Waals surface area (Å²) in [5, 5.41) is 0. The second kappa shape index (κ2) is 4.98. The van der Waals surface area contributed by atoms with E-state index in [2.05, 4.69) is 14.9 Å².